The van der Waals surface area contributed by atoms with Crippen molar-refractivity contribution in [3.8, 4) is 11.4 Å². The highest BCUT2D eigenvalue weighted by molar-refractivity contribution is 6.07. The third kappa shape index (κ3) is 3.98. The minimum atomic E-state index is -0.114. The molecule has 4 rings (SSSR count). The summed E-state index contributed by atoms with van der Waals surface area (Å²) in [5, 5.41) is 3.23. The highest BCUT2D eigenvalue weighted by atomic mass is 16.5. The van der Waals surface area contributed by atoms with Gasteiger partial charge < -0.3 is 15.0 Å². The first-order valence-electron chi connectivity index (χ1n) is 9.76. The Kier molecular flexibility index (Phi) is 5.53. The van der Waals surface area contributed by atoms with Gasteiger partial charge in [-0.15, -0.1) is 0 Å². The Morgan fingerprint density at radius 3 is 2.69 bits per heavy atom. The number of methoxy groups -OCH3 is 1. The molecule has 1 aliphatic heterocycles. The highest BCUT2D eigenvalue weighted by Gasteiger charge is 2.32. The van der Waals surface area contributed by atoms with Crippen molar-refractivity contribution in [3.05, 3.63) is 71.9 Å². The van der Waals surface area contributed by atoms with Crippen LogP contribution in [0.2, 0.25) is 0 Å². The summed E-state index contributed by atoms with van der Waals surface area (Å²) < 4.78 is 5.11. The number of para-hydroxylation sites is 1. The molecule has 0 saturated heterocycles. The minimum absolute atomic E-state index is 0.0833. The molecule has 2 heterocycles. The van der Waals surface area contributed by atoms with E-state index >= 15 is 0 Å². The lowest BCUT2D eigenvalue weighted by atomic mass is 10.1. The van der Waals surface area contributed by atoms with Gasteiger partial charge in [-0.05, 0) is 25.0 Å². The molecule has 1 amide bonds. The molecule has 148 valence electrons. The van der Waals surface area contributed by atoms with Gasteiger partial charge in [0.15, 0.2) is 5.82 Å². The molecule has 3 aromatic rings. The zero-order chi connectivity index (χ0) is 20.2. The number of fused-ring (bicyclic) bond motifs is 1. The Morgan fingerprint density at radius 1 is 1.14 bits per heavy atom. The predicted octanol–water partition coefficient (Wildman–Crippen LogP) is 3.79. The summed E-state index contributed by atoms with van der Waals surface area (Å²) in [5.41, 5.74) is 3.39. The van der Waals surface area contributed by atoms with Crippen molar-refractivity contribution in [2.24, 2.45) is 0 Å². The second-order valence-corrected chi connectivity index (χ2v) is 7.10. The fraction of sp³-hybridized carbons (Fsp3) is 0.261. The number of aromatic nitrogens is 2. The fourth-order valence-electron chi connectivity index (χ4n) is 3.64. The summed E-state index contributed by atoms with van der Waals surface area (Å²) in [4.78, 5) is 24.5. The second-order valence-electron chi connectivity index (χ2n) is 7.10. The van der Waals surface area contributed by atoms with Gasteiger partial charge in [-0.25, -0.2) is 9.97 Å². The van der Waals surface area contributed by atoms with E-state index in [1.54, 1.807) is 13.2 Å². The predicted molar refractivity (Wildman–Crippen MR) is 114 cm³/mol. The van der Waals surface area contributed by atoms with E-state index in [9.17, 15) is 4.79 Å². The van der Waals surface area contributed by atoms with E-state index in [0.29, 0.717) is 30.5 Å². The molecule has 1 aliphatic rings. The van der Waals surface area contributed by atoms with E-state index in [0.717, 1.165) is 17.7 Å². The lowest BCUT2D eigenvalue weighted by molar-refractivity contribution is 0.0976. The maximum absolute atomic E-state index is 13.5. The summed E-state index contributed by atoms with van der Waals surface area (Å²) >= 11 is 0. The number of amides is 1. The molecular weight excluding hydrogens is 364 g/mol. The van der Waals surface area contributed by atoms with Crippen LogP contribution in [-0.4, -0.2) is 42.2 Å². The van der Waals surface area contributed by atoms with Crippen molar-refractivity contribution in [2.75, 3.05) is 30.5 Å². The van der Waals surface area contributed by atoms with Crippen LogP contribution in [0.5, 0.6) is 0 Å². The molecule has 1 aromatic heterocycles. The number of carbonyl (C=O) groups excluding carboxylic acids is 1. The summed E-state index contributed by atoms with van der Waals surface area (Å²) in [7, 11) is 1.65. The van der Waals surface area contributed by atoms with Gasteiger partial charge in [0, 0.05) is 37.0 Å². The quantitative estimate of drug-likeness (QED) is 0.651. The molecule has 1 atom stereocenters. The Morgan fingerprint density at radius 2 is 1.90 bits per heavy atom. The fourth-order valence-corrected chi connectivity index (χ4v) is 3.64. The third-order valence-corrected chi connectivity index (χ3v) is 5.02. The smallest absolute Gasteiger partial charge is 0.277 e. The number of nitrogens with zero attached hydrogens (tertiary/aromatic N) is 3. The van der Waals surface area contributed by atoms with Crippen LogP contribution in [0.4, 0.5) is 11.5 Å². The molecule has 0 saturated carbocycles. The number of nitrogens with one attached hydrogen (secondary N) is 1. The number of rotatable bonds is 6. The standard InChI is InChI=1S/C23H24N4O2/c1-16-14-18-10-6-7-11-20(18)27(16)23(28)19-15-21(24-12-13-29-2)26-22(25-19)17-8-4-3-5-9-17/h3-11,15-16H,12-14H2,1-2H3,(H,24,25,26). The maximum Gasteiger partial charge on any atom is 0.277 e. The van der Waals surface area contributed by atoms with Gasteiger partial charge in [-0.1, -0.05) is 48.5 Å². The van der Waals surface area contributed by atoms with Crippen LogP contribution < -0.4 is 10.2 Å². The Labute approximate surface area is 170 Å². The number of carbonyl (C=O) groups is 1. The van der Waals surface area contributed by atoms with Gasteiger partial charge >= 0.3 is 0 Å². The lowest BCUT2D eigenvalue weighted by Crippen LogP contribution is -2.36. The summed E-state index contributed by atoms with van der Waals surface area (Å²) in [6, 6.07) is 19.5. The topological polar surface area (TPSA) is 67.3 Å². The molecule has 1 N–H and O–H groups in total. The highest BCUT2D eigenvalue weighted by Crippen LogP contribution is 2.33. The van der Waals surface area contributed by atoms with Crippen molar-refractivity contribution in [2.45, 2.75) is 19.4 Å². The van der Waals surface area contributed by atoms with Crippen LogP contribution in [0.3, 0.4) is 0 Å². The molecule has 6 heteroatoms. The Hall–Kier alpha value is -3.25. The van der Waals surface area contributed by atoms with Gasteiger partial charge in [0.2, 0.25) is 0 Å². The monoisotopic (exact) mass is 388 g/mol. The molecule has 1 unspecified atom stereocenters. The molecule has 0 bridgehead atoms. The van der Waals surface area contributed by atoms with Gasteiger partial charge in [0.05, 0.1) is 6.61 Å². The average molecular weight is 388 g/mol. The maximum atomic E-state index is 13.5. The Balaban J connectivity index is 1.72. The summed E-state index contributed by atoms with van der Waals surface area (Å²) in [6.07, 6.45) is 0.845. The van der Waals surface area contributed by atoms with Gasteiger partial charge in [0.1, 0.15) is 11.5 Å². The number of hydrogen-bond donors (Lipinski definition) is 1. The first-order chi connectivity index (χ1) is 14.2. The normalized spacial score (nSPS) is 15.2. The van der Waals surface area contributed by atoms with Crippen molar-refractivity contribution < 1.29 is 9.53 Å². The van der Waals surface area contributed by atoms with E-state index in [-0.39, 0.29) is 11.9 Å². The van der Waals surface area contributed by atoms with Crippen LogP contribution in [0, 0.1) is 0 Å². The van der Waals surface area contributed by atoms with Gasteiger partial charge in [-0.3, -0.25) is 4.79 Å². The summed E-state index contributed by atoms with van der Waals surface area (Å²) in [5.74, 6) is 1.02. The van der Waals surface area contributed by atoms with Crippen LogP contribution >= 0.6 is 0 Å². The molecule has 0 fully saturated rings. The first-order valence-corrected chi connectivity index (χ1v) is 9.76. The average Bonchev–Trinajstić information content (AvgIpc) is 3.09. The van der Waals surface area contributed by atoms with Gasteiger partial charge in [-0.2, -0.15) is 0 Å². The summed E-state index contributed by atoms with van der Waals surface area (Å²) in [6.45, 7) is 3.21. The molecule has 2 aromatic carbocycles. The Bertz CT molecular complexity index is 1010. The van der Waals surface area contributed by atoms with E-state index < -0.39 is 0 Å². The third-order valence-electron chi connectivity index (χ3n) is 5.02. The number of hydrogen-bond acceptors (Lipinski definition) is 5. The lowest BCUT2D eigenvalue weighted by Gasteiger charge is -2.22. The van der Waals surface area contributed by atoms with E-state index in [4.69, 9.17) is 4.74 Å². The molecule has 0 radical (unpaired) electrons. The van der Waals surface area contributed by atoms with Gasteiger partial charge in [0.25, 0.3) is 5.91 Å². The van der Waals surface area contributed by atoms with Crippen LogP contribution in [0.25, 0.3) is 11.4 Å². The SMILES string of the molecule is COCCNc1cc(C(=O)N2c3ccccc3CC2C)nc(-c2ccccc2)n1. The van der Waals surface area contributed by atoms with E-state index in [2.05, 4.69) is 28.3 Å². The van der Waals surface area contributed by atoms with Crippen LogP contribution in [0.1, 0.15) is 23.0 Å². The van der Waals surface area contributed by atoms with Crippen molar-refractivity contribution in [1.29, 1.82) is 0 Å². The van der Waals surface area contributed by atoms with Crippen molar-refractivity contribution in [1.82, 2.24) is 9.97 Å². The zero-order valence-corrected chi connectivity index (χ0v) is 16.6. The largest absolute Gasteiger partial charge is 0.383 e. The number of benzene rings is 2. The number of ether oxygens (including phenoxy) is 1. The first kappa shape index (κ1) is 19.1. The van der Waals surface area contributed by atoms with Crippen LogP contribution in [0.15, 0.2) is 60.7 Å². The molecule has 0 aliphatic carbocycles. The van der Waals surface area contributed by atoms with E-state index in [1.165, 1.54) is 5.56 Å². The molecule has 29 heavy (non-hydrogen) atoms. The number of anilines is 2. The van der Waals surface area contributed by atoms with Crippen LogP contribution in [-0.2, 0) is 11.2 Å². The van der Waals surface area contributed by atoms with Crippen molar-refractivity contribution >= 4 is 17.4 Å². The molecule has 6 nitrogen and oxygen atoms in total. The van der Waals surface area contributed by atoms with Crippen molar-refractivity contribution in [3.63, 3.8) is 0 Å². The second kappa shape index (κ2) is 8.41. The zero-order valence-electron chi connectivity index (χ0n) is 16.6. The minimum Gasteiger partial charge on any atom is -0.383 e. The molecular formula is C23H24N4O2. The molecule has 0 spiro atoms. The van der Waals surface area contributed by atoms with E-state index in [1.807, 2.05) is 53.4 Å².